The number of hydrogen-bond acceptors (Lipinski definition) is 2. The summed E-state index contributed by atoms with van der Waals surface area (Å²) >= 11 is 7.99. The van der Waals surface area contributed by atoms with Crippen LogP contribution in [0.25, 0.3) is 0 Å². The lowest BCUT2D eigenvalue weighted by Crippen LogP contribution is -2.23. The first kappa shape index (κ1) is 14.4. The number of rotatable bonds is 6. The molecule has 0 radical (unpaired) electrons. The first-order chi connectivity index (χ1) is 9.25. The van der Waals surface area contributed by atoms with Crippen LogP contribution in [0.5, 0.6) is 0 Å². The van der Waals surface area contributed by atoms with Crippen LogP contribution in [-0.2, 0) is 6.42 Å². The minimum atomic E-state index is 0.163. The molecule has 0 aliphatic heterocycles. The number of benzene rings is 2. The summed E-state index contributed by atoms with van der Waals surface area (Å²) in [5, 5.41) is 0.814. The second kappa shape index (κ2) is 7.59. The molecule has 3 heteroatoms. The third kappa shape index (κ3) is 4.90. The number of halogens is 1. The minimum absolute atomic E-state index is 0.163. The Kier molecular flexibility index (Phi) is 5.77. The molecular weight excluding hydrogens is 274 g/mol. The summed E-state index contributed by atoms with van der Waals surface area (Å²) in [6.07, 6.45) is 1.83. The lowest BCUT2D eigenvalue weighted by molar-refractivity contribution is 0.652. The highest BCUT2D eigenvalue weighted by Gasteiger charge is 2.07. The zero-order valence-corrected chi connectivity index (χ0v) is 12.3. The van der Waals surface area contributed by atoms with Crippen molar-refractivity contribution < 1.29 is 0 Å². The third-order valence-electron chi connectivity index (χ3n) is 2.94. The van der Waals surface area contributed by atoms with Gasteiger partial charge in [0.1, 0.15) is 0 Å². The summed E-state index contributed by atoms with van der Waals surface area (Å²) in [6, 6.07) is 18.5. The summed E-state index contributed by atoms with van der Waals surface area (Å²) in [5.74, 6) is 1.04. The molecule has 0 bridgehead atoms. The Morgan fingerprint density at radius 1 is 1.00 bits per heavy atom. The maximum absolute atomic E-state index is 6.17. The van der Waals surface area contributed by atoms with Crippen LogP contribution in [0.15, 0.2) is 59.5 Å². The highest BCUT2D eigenvalue weighted by Crippen LogP contribution is 2.20. The van der Waals surface area contributed by atoms with Crippen molar-refractivity contribution in [3.05, 3.63) is 65.2 Å². The Bertz CT molecular complexity index is 501. The van der Waals surface area contributed by atoms with Crippen molar-refractivity contribution in [2.45, 2.75) is 23.8 Å². The number of hydrogen-bond donors (Lipinski definition) is 1. The van der Waals surface area contributed by atoms with E-state index < -0.39 is 0 Å². The monoisotopic (exact) mass is 291 g/mol. The van der Waals surface area contributed by atoms with E-state index in [4.69, 9.17) is 17.3 Å². The molecule has 1 nitrogen and oxygen atoms in total. The second-order valence-corrected chi connectivity index (χ2v) is 6.08. The molecule has 2 N–H and O–H groups in total. The van der Waals surface area contributed by atoms with Gasteiger partial charge in [0.2, 0.25) is 0 Å². The maximum Gasteiger partial charge on any atom is 0.0438 e. The highest BCUT2D eigenvalue weighted by atomic mass is 35.5. The van der Waals surface area contributed by atoms with Crippen LogP contribution in [0.4, 0.5) is 0 Å². The topological polar surface area (TPSA) is 26.0 Å². The Morgan fingerprint density at radius 2 is 1.68 bits per heavy atom. The van der Waals surface area contributed by atoms with E-state index in [0.717, 1.165) is 29.2 Å². The van der Waals surface area contributed by atoms with Gasteiger partial charge in [0.15, 0.2) is 0 Å². The van der Waals surface area contributed by atoms with Gasteiger partial charge in [0, 0.05) is 16.0 Å². The van der Waals surface area contributed by atoms with E-state index in [0.29, 0.717) is 0 Å². The molecule has 0 aliphatic carbocycles. The molecule has 1 unspecified atom stereocenters. The van der Waals surface area contributed by atoms with Crippen molar-refractivity contribution in [2.24, 2.45) is 5.73 Å². The molecule has 0 spiro atoms. The average molecular weight is 292 g/mol. The fourth-order valence-electron chi connectivity index (χ4n) is 1.89. The van der Waals surface area contributed by atoms with Crippen LogP contribution in [-0.4, -0.2) is 11.8 Å². The Morgan fingerprint density at radius 3 is 2.42 bits per heavy atom. The van der Waals surface area contributed by atoms with Crippen molar-refractivity contribution in [3.8, 4) is 0 Å². The molecule has 2 aromatic carbocycles. The quantitative estimate of drug-likeness (QED) is 0.799. The van der Waals surface area contributed by atoms with Crippen molar-refractivity contribution in [3.63, 3.8) is 0 Å². The summed E-state index contributed by atoms with van der Waals surface area (Å²) in [6.45, 7) is 0. The van der Waals surface area contributed by atoms with Gasteiger partial charge in [0.05, 0.1) is 0 Å². The van der Waals surface area contributed by atoms with Gasteiger partial charge >= 0.3 is 0 Å². The van der Waals surface area contributed by atoms with Crippen molar-refractivity contribution in [1.29, 1.82) is 0 Å². The molecule has 2 aromatic rings. The first-order valence-corrected chi connectivity index (χ1v) is 7.79. The average Bonchev–Trinajstić information content (AvgIpc) is 2.43. The van der Waals surface area contributed by atoms with Gasteiger partial charge in [-0.15, -0.1) is 11.8 Å². The Balaban J connectivity index is 1.76. The maximum atomic E-state index is 6.17. The second-order valence-electron chi connectivity index (χ2n) is 4.51. The fourth-order valence-corrected chi connectivity index (χ4v) is 3.11. The van der Waals surface area contributed by atoms with Crippen LogP contribution in [0.1, 0.15) is 12.0 Å². The minimum Gasteiger partial charge on any atom is -0.327 e. The lowest BCUT2D eigenvalue weighted by Gasteiger charge is -2.12. The van der Waals surface area contributed by atoms with Crippen LogP contribution < -0.4 is 5.73 Å². The predicted octanol–water partition coefficient (Wildman–Crippen LogP) is 4.39. The van der Waals surface area contributed by atoms with E-state index in [2.05, 4.69) is 24.3 Å². The van der Waals surface area contributed by atoms with E-state index >= 15 is 0 Å². The molecule has 0 saturated heterocycles. The molecule has 0 heterocycles. The Hall–Kier alpha value is -0.960. The zero-order valence-electron chi connectivity index (χ0n) is 10.8. The van der Waals surface area contributed by atoms with Crippen LogP contribution >= 0.6 is 23.4 Å². The molecule has 0 aromatic heterocycles. The van der Waals surface area contributed by atoms with Crippen LogP contribution in [0, 0.1) is 0 Å². The molecule has 100 valence electrons. The molecule has 0 aliphatic rings. The van der Waals surface area contributed by atoms with E-state index in [9.17, 15) is 0 Å². The van der Waals surface area contributed by atoms with Crippen molar-refractivity contribution >= 4 is 23.4 Å². The van der Waals surface area contributed by atoms with Crippen molar-refractivity contribution in [2.75, 3.05) is 5.75 Å². The van der Waals surface area contributed by atoms with Gasteiger partial charge in [0.25, 0.3) is 0 Å². The number of thioether (sulfide) groups is 1. The largest absolute Gasteiger partial charge is 0.327 e. The van der Waals surface area contributed by atoms with Gasteiger partial charge < -0.3 is 5.73 Å². The predicted molar refractivity (Wildman–Crippen MR) is 84.9 cm³/mol. The van der Waals surface area contributed by atoms with Gasteiger partial charge in [-0.25, -0.2) is 0 Å². The molecule has 1 atom stereocenters. The SMILES string of the molecule is NC(CCSc1ccccc1)Cc1ccccc1Cl. The normalized spacial score (nSPS) is 12.3. The third-order valence-corrected chi connectivity index (χ3v) is 4.35. The lowest BCUT2D eigenvalue weighted by atomic mass is 10.1. The number of nitrogens with two attached hydrogens (primary N) is 1. The molecule has 0 fully saturated rings. The van der Waals surface area contributed by atoms with Gasteiger partial charge in [-0.2, -0.15) is 0 Å². The first-order valence-electron chi connectivity index (χ1n) is 6.42. The fraction of sp³-hybridized carbons (Fsp3) is 0.250. The van der Waals surface area contributed by atoms with E-state index in [-0.39, 0.29) is 6.04 Å². The molecule has 19 heavy (non-hydrogen) atoms. The summed E-state index contributed by atoms with van der Waals surface area (Å²) < 4.78 is 0. The van der Waals surface area contributed by atoms with Crippen LogP contribution in [0.2, 0.25) is 5.02 Å². The van der Waals surface area contributed by atoms with E-state index in [1.54, 1.807) is 0 Å². The molecule has 0 saturated carbocycles. The Labute approximate surface area is 124 Å². The standard InChI is InChI=1S/C16H18ClNS/c17-16-9-5-4-6-13(16)12-14(18)10-11-19-15-7-2-1-3-8-15/h1-9,14H,10-12,18H2. The van der Waals surface area contributed by atoms with E-state index in [1.807, 2.05) is 42.1 Å². The molecular formula is C16H18ClNS. The van der Waals surface area contributed by atoms with Gasteiger partial charge in [-0.3, -0.25) is 0 Å². The van der Waals surface area contributed by atoms with Crippen molar-refractivity contribution in [1.82, 2.24) is 0 Å². The summed E-state index contributed by atoms with van der Waals surface area (Å²) in [4.78, 5) is 1.30. The highest BCUT2D eigenvalue weighted by molar-refractivity contribution is 7.99. The van der Waals surface area contributed by atoms with Gasteiger partial charge in [-0.05, 0) is 42.4 Å². The smallest absolute Gasteiger partial charge is 0.0438 e. The van der Waals surface area contributed by atoms with E-state index in [1.165, 1.54) is 4.90 Å². The van der Waals surface area contributed by atoms with Crippen LogP contribution in [0.3, 0.4) is 0 Å². The molecule has 0 amide bonds. The van der Waals surface area contributed by atoms with Gasteiger partial charge in [-0.1, -0.05) is 48.0 Å². The zero-order chi connectivity index (χ0) is 13.5. The summed E-state index contributed by atoms with van der Waals surface area (Å²) in [7, 11) is 0. The molecule has 2 rings (SSSR count). The summed E-state index contributed by atoms with van der Waals surface area (Å²) in [5.41, 5.74) is 7.31.